The highest BCUT2D eigenvalue weighted by Gasteiger charge is 2.35. The summed E-state index contributed by atoms with van der Waals surface area (Å²) < 4.78 is 2.08. The summed E-state index contributed by atoms with van der Waals surface area (Å²) in [4.78, 5) is 0. The first-order valence-corrected chi connectivity index (χ1v) is 8.69. The highest BCUT2D eigenvalue weighted by atomic mass is 79.9. The molecule has 114 valence electrons. The van der Waals surface area contributed by atoms with Crippen molar-refractivity contribution in [2.75, 3.05) is 11.6 Å². The smallest absolute Gasteiger partial charge is 0.0838 e. The van der Waals surface area contributed by atoms with Gasteiger partial charge in [0, 0.05) is 14.9 Å². The summed E-state index contributed by atoms with van der Waals surface area (Å²) in [7, 11) is 0. The normalized spacial score (nSPS) is 21.1. The Labute approximate surface area is 146 Å². The van der Waals surface area contributed by atoms with E-state index in [1.807, 2.05) is 41.4 Å². The van der Waals surface area contributed by atoms with E-state index in [0.717, 1.165) is 25.9 Å². The fourth-order valence-corrected chi connectivity index (χ4v) is 3.22. The second kappa shape index (κ2) is 6.52. The number of hydrazone groups is 1. The van der Waals surface area contributed by atoms with E-state index in [4.69, 9.17) is 5.10 Å². The molecule has 1 aliphatic rings. The number of anilines is 1. The van der Waals surface area contributed by atoms with E-state index in [9.17, 15) is 5.11 Å². The summed E-state index contributed by atoms with van der Waals surface area (Å²) in [6.07, 6.45) is 0. The van der Waals surface area contributed by atoms with Gasteiger partial charge in [0.1, 0.15) is 0 Å². The van der Waals surface area contributed by atoms with Crippen LogP contribution < -0.4 is 5.01 Å². The predicted molar refractivity (Wildman–Crippen MR) is 97.3 cm³/mol. The van der Waals surface area contributed by atoms with Crippen molar-refractivity contribution in [2.24, 2.45) is 11.0 Å². The van der Waals surface area contributed by atoms with Crippen molar-refractivity contribution >= 4 is 43.3 Å². The first-order chi connectivity index (χ1) is 10.6. The molecular weight excluding hydrogens is 408 g/mol. The Morgan fingerprint density at radius 3 is 2.09 bits per heavy atom. The van der Waals surface area contributed by atoms with Gasteiger partial charge in [0.05, 0.1) is 24.0 Å². The summed E-state index contributed by atoms with van der Waals surface area (Å²) in [5.74, 6) is 0.162. The van der Waals surface area contributed by atoms with Gasteiger partial charge in [-0.05, 0) is 42.0 Å². The van der Waals surface area contributed by atoms with Crippen LogP contribution in [0.5, 0.6) is 0 Å². The Kier molecular flexibility index (Phi) is 4.66. The Hall–Kier alpha value is -1.17. The van der Waals surface area contributed by atoms with Crippen LogP contribution in [0.15, 0.2) is 62.6 Å². The number of halogens is 2. The predicted octanol–water partition coefficient (Wildman–Crippen LogP) is 4.43. The fourth-order valence-electron chi connectivity index (χ4n) is 2.70. The van der Waals surface area contributed by atoms with Crippen LogP contribution >= 0.6 is 31.9 Å². The highest BCUT2D eigenvalue weighted by molar-refractivity contribution is 9.10. The maximum Gasteiger partial charge on any atom is 0.0838 e. The highest BCUT2D eigenvalue weighted by Crippen LogP contribution is 2.31. The van der Waals surface area contributed by atoms with Gasteiger partial charge in [-0.25, -0.2) is 0 Å². The molecule has 2 aromatic rings. The molecule has 1 heterocycles. The lowest BCUT2D eigenvalue weighted by atomic mass is 9.93. The molecule has 0 amide bonds. The molecule has 0 fully saturated rings. The molecule has 3 rings (SSSR count). The summed E-state index contributed by atoms with van der Waals surface area (Å²) in [6.45, 7) is 2.18. The van der Waals surface area contributed by atoms with Crippen LogP contribution in [0.1, 0.15) is 12.5 Å². The monoisotopic (exact) mass is 422 g/mol. The first-order valence-electron chi connectivity index (χ1n) is 7.10. The summed E-state index contributed by atoms with van der Waals surface area (Å²) in [6, 6.07) is 16.1. The van der Waals surface area contributed by atoms with Gasteiger partial charge in [-0.15, -0.1) is 0 Å². The van der Waals surface area contributed by atoms with E-state index >= 15 is 0 Å². The van der Waals surface area contributed by atoms with E-state index < -0.39 is 0 Å². The molecule has 5 heteroatoms. The van der Waals surface area contributed by atoms with Gasteiger partial charge in [-0.1, -0.05) is 50.9 Å². The number of aliphatic hydroxyl groups excluding tert-OH is 1. The molecule has 0 aliphatic carbocycles. The van der Waals surface area contributed by atoms with Crippen LogP contribution in [0.3, 0.4) is 0 Å². The second-order valence-electron chi connectivity index (χ2n) is 5.35. The molecule has 1 N–H and O–H groups in total. The summed E-state index contributed by atoms with van der Waals surface area (Å²) >= 11 is 6.90. The topological polar surface area (TPSA) is 35.8 Å². The number of rotatable bonds is 3. The van der Waals surface area contributed by atoms with Crippen molar-refractivity contribution in [2.45, 2.75) is 13.0 Å². The molecule has 3 nitrogen and oxygen atoms in total. The van der Waals surface area contributed by atoms with Crippen molar-refractivity contribution in [1.29, 1.82) is 0 Å². The maximum atomic E-state index is 9.80. The van der Waals surface area contributed by atoms with Crippen molar-refractivity contribution in [3.8, 4) is 0 Å². The SMILES string of the molecule is C[C@@H]1C(c2ccc(Br)cc2)=NN(c2ccc(Br)cc2)[C@H]1CO. The van der Waals surface area contributed by atoms with E-state index in [0.29, 0.717) is 0 Å². The minimum absolute atomic E-state index is 0.0418. The van der Waals surface area contributed by atoms with Crippen molar-refractivity contribution < 1.29 is 5.11 Å². The maximum absolute atomic E-state index is 9.80. The molecule has 0 bridgehead atoms. The van der Waals surface area contributed by atoms with Crippen molar-refractivity contribution in [3.63, 3.8) is 0 Å². The van der Waals surface area contributed by atoms with E-state index in [1.165, 1.54) is 0 Å². The van der Waals surface area contributed by atoms with Gasteiger partial charge in [0.25, 0.3) is 0 Å². The zero-order valence-corrected chi connectivity index (χ0v) is 15.3. The zero-order chi connectivity index (χ0) is 15.7. The molecule has 2 atom stereocenters. The average molecular weight is 424 g/mol. The van der Waals surface area contributed by atoms with Gasteiger partial charge in [0.15, 0.2) is 0 Å². The van der Waals surface area contributed by atoms with Crippen LogP contribution in [0, 0.1) is 5.92 Å². The fraction of sp³-hybridized carbons (Fsp3) is 0.235. The molecule has 2 aromatic carbocycles. The summed E-state index contributed by atoms with van der Waals surface area (Å²) in [5, 5.41) is 16.5. The Morgan fingerprint density at radius 1 is 1.00 bits per heavy atom. The summed E-state index contributed by atoms with van der Waals surface area (Å²) in [5.41, 5.74) is 3.09. The van der Waals surface area contributed by atoms with E-state index in [1.54, 1.807) is 0 Å². The Morgan fingerprint density at radius 2 is 1.55 bits per heavy atom. The number of benzene rings is 2. The van der Waals surface area contributed by atoms with Gasteiger partial charge in [-0.3, -0.25) is 5.01 Å². The molecule has 1 aliphatic heterocycles. The van der Waals surface area contributed by atoms with Gasteiger partial charge in [-0.2, -0.15) is 5.10 Å². The average Bonchev–Trinajstić information content (AvgIpc) is 2.85. The van der Waals surface area contributed by atoms with Crippen LogP contribution in [0.4, 0.5) is 5.69 Å². The van der Waals surface area contributed by atoms with Crippen molar-refractivity contribution in [3.05, 3.63) is 63.0 Å². The Bertz CT molecular complexity index is 683. The first kappa shape index (κ1) is 15.7. The lowest BCUT2D eigenvalue weighted by molar-refractivity contribution is 0.250. The molecular formula is C17H16Br2N2O. The Balaban J connectivity index is 1.98. The number of hydrogen-bond acceptors (Lipinski definition) is 3. The number of hydrogen-bond donors (Lipinski definition) is 1. The molecule has 22 heavy (non-hydrogen) atoms. The molecule has 0 unspecified atom stereocenters. The third kappa shape index (κ3) is 2.98. The second-order valence-corrected chi connectivity index (χ2v) is 7.18. The van der Waals surface area contributed by atoms with Crippen molar-refractivity contribution in [1.82, 2.24) is 0 Å². The van der Waals surface area contributed by atoms with Crippen LogP contribution in [-0.2, 0) is 0 Å². The number of aliphatic hydroxyl groups is 1. The zero-order valence-electron chi connectivity index (χ0n) is 12.1. The molecule has 0 radical (unpaired) electrons. The minimum Gasteiger partial charge on any atom is -0.394 e. The van der Waals surface area contributed by atoms with Crippen LogP contribution in [0.25, 0.3) is 0 Å². The lowest BCUT2D eigenvalue weighted by Gasteiger charge is -2.24. The molecule has 0 saturated heterocycles. The van der Waals surface area contributed by atoms with E-state index in [-0.39, 0.29) is 18.6 Å². The van der Waals surface area contributed by atoms with Crippen LogP contribution in [-0.4, -0.2) is 23.5 Å². The molecule has 0 aromatic heterocycles. The molecule has 0 saturated carbocycles. The van der Waals surface area contributed by atoms with Gasteiger partial charge >= 0.3 is 0 Å². The quantitative estimate of drug-likeness (QED) is 0.792. The molecule has 0 spiro atoms. The van der Waals surface area contributed by atoms with E-state index in [2.05, 4.69) is 50.9 Å². The van der Waals surface area contributed by atoms with Crippen LogP contribution in [0.2, 0.25) is 0 Å². The minimum atomic E-state index is -0.0418. The number of nitrogens with zero attached hydrogens (tertiary/aromatic N) is 2. The van der Waals surface area contributed by atoms with Gasteiger partial charge < -0.3 is 5.11 Å². The van der Waals surface area contributed by atoms with Gasteiger partial charge in [0.2, 0.25) is 0 Å². The largest absolute Gasteiger partial charge is 0.394 e. The third-order valence-electron chi connectivity index (χ3n) is 3.96. The lowest BCUT2D eigenvalue weighted by Crippen LogP contribution is -2.35. The standard InChI is InChI=1S/C17H16Br2N2O/c1-11-16(10-22)21(15-8-6-14(19)7-9-15)20-17(11)12-2-4-13(18)5-3-12/h2-9,11,16,22H,10H2,1H3/t11-,16-/m0/s1. The third-order valence-corrected chi connectivity index (χ3v) is 5.01.